The molecule has 2 aromatic rings. The van der Waals surface area contributed by atoms with Gasteiger partial charge in [-0.25, -0.2) is 23.5 Å². The molecule has 0 bridgehead atoms. The minimum atomic E-state index is -3.75. The Labute approximate surface area is 135 Å². The number of carbonyl (C=O) groups is 1. The third kappa shape index (κ3) is 4.11. The number of aryl methyl sites for hydroxylation is 1. The summed E-state index contributed by atoms with van der Waals surface area (Å²) in [5, 5.41) is 7.70. The van der Waals surface area contributed by atoms with Crippen molar-refractivity contribution in [2.24, 2.45) is 5.14 Å². The van der Waals surface area contributed by atoms with Gasteiger partial charge in [-0.2, -0.15) is 0 Å². The number of rotatable bonds is 4. The van der Waals surface area contributed by atoms with Crippen LogP contribution in [0.25, 0.3) is 0 Å². The molecule has 0 fully saturated rings. The molecule has 8 heteroatoms. The van der Waals surface area contributed by atoms with Crippen LogP contribution in [0.15, 0.2) is 35.4 Å². The maximum atomic E-state index is 12.3. The van der Waals surface area contributed by atoms with Gasteiger partial charge in [-0.1, -0.05) is 13.8 Å². The van der Waals surface area contributed by atoms with E-state index in [0.29, 0.717) is 22.8 Å². The van der Waals surface area contributed by atoms with Crippen LogP contribution in [0.4, 0.5) is 5.69 Å². The molecule has 2 rings (SSSR count). The Bertz CT molecular complexity index is 830. The molecule has 0 aliphatic carbocycles. The second kappa shape index (κ2) is 6.43. The maximum Gasteiger partial charge on any atom is 0.259 e. The molecule has 122 valence electrons. The summed E-state index contributed by atoms with van der Waals surface area (Å²) in [7, 11) is -3.75. The van der Waals surface area contributed by atoms with Gasteiger partial charge in [-0.05, 0) is 31.2 Å². The van der Waals surface area contributed by atoms with E-state index in [1.54, 1.807) is 6.92 Å². The lowest BCUT2D eigenvalue weighted by molar-refractivity contribution is 0.102. The molecule has 0 spiro atoms. The fourth-order valence-corrected chi connectivity index (χ4v) is 2.43. The number of primary sulfonamides is 1. The fraction of sp³-hybridized carbons (Fsp3) is 0.267. The molecule has 1 amide bonds. The van der Waals surface area contributed by atoms with Gasteiger partial charge in [0, 0.05) is 17.8 Å². The van der Waals surface area contributed by atoms with E-state index in [0.717, 1.165) is 0 Å². The van der Waals surface area contributed by atoms with Gasteiger partial charge < -0.3 is 5.32 Å². The third-order valence-electron chi connectivity index (χ3n) is 3.20. The summed E-state index contributed by atoms with van der Waals surface area (Å²) in [6.07, 6.45) is 1.49. The fourth-order valence-electron chi connectivity index (χ4n) is 1.91. The van der Waals surface area contributed by atoms with Crippen molar-refractivity contribution in [3.05, 3.63) is 47.5 Å². The van der Waals surface area contributed by atoms with Crippen molar-refractivity contribution in [1.29, 1.82) is 0 Å². The van der Waals surface area contributed by atoms with Gasteiger partial charge in [-0.15, -0.1) is 0 Å². The number of benzene rings is 1. The molecule has 0 saturated heterocycles. The molecule has 0 radical (unpaired) electrons. The molecule has 1 aromatic carbocycles. The first-order valence-electron chi connectivity index (χ1n) is 6.96. The topological polar surface area (TPSA) is 115 Å². The number of nitrogens with zero attached hydrogens (tertiary/aromatic N) is 2. The summed E-state index contributed by atoms with van der Waals surface area (Å²) in [6, 6.07) is 5.60. The molecule has 1 aromatic heterocycles. The average Bonchev–Trinajstić information content (AvgIpc) is 2.46. The monoisotopic (exact) mass is 334 g/mol. The van der Waals surface area contributed by atoms with Crippen LogP contribution in [0.3, 0.4) is 0 Å². The van der Waals surface area contributed by atoms with Crippen LogP contribution >= 0.6 is 0 Å². The molecule has 23 heavy (non-hydrogen) atoms. The molecule has 0 atom stereocenters. The smallest absolute Gasteiger partial charge is 0.259 e. The van der Waals surface area contributed by atoms with Crippen LogP contribution in [0.5, 0.6) is 0 Å². The number of carbonyl (C=O) groups excluding carboxylic acids is 1. The Balaban J connectivity index is 2.19. The van der Waals surface area contributed by atoms with E-state index in [1.165, 1.54) is 30.5 Å². The van der Waals surface area contributed by atoms with Gasteiger partial charge in [0.2, 0.25) is 10.0 Å². The summed E-state index contributed by atoms with van der Waals surface area (Å²) in [6.45, 7) is 5.69. The van der Waals surface area contributed by atoms with Crippen molar-refractivity contribution in [1.82, 2.24) is 9.97 Å². The standard InChI is InChI=1S/C15H18N4O3S/c1-9(2)14-17-8-13(10(3)18-14)15(20)19-11-4-6-12(7-5-11)23(16,21)22/h4-9H,1-3H3,(H,19,20)(H2,16,21,22). The van der Waals surface area contributed by atoms with Crippen LogP contribution in [-0.4, -0.2) is 24.3 Å². The predicted octanol–water partition coefficient (Wildman–Crippen LogP) is 1.81. The molecular weight excluding hydrogens is 316 g/mol. The lowest BCUT2D eigenvalue weighted by Crippen LogP contribution is -2.16. The Morgan fingerprint density at radius 3 is 2.30 bits per heavy atom. The number of nitrogens with one attached hydrogen (secondary N) is 1. The zero-order chi connectivity index (χ0) is 17.2. The van der Waals surface area contributed by atoms with Crippen LogP contribution in [0.2, 0.25) is 0 Å². The van der Waals surface area contributed by atoms with Crippen LogP contribution in [-0.2, 0) is 10.0 Å². The lowest BCUT2D eigenvalue weighted by atomic mass is 10.1. The summed E-state index contributed by atoms with van der Waals surface area (Å²) in [4.78, 5) is 20.7. The predicted molar refractivity (Wildman–Crippen MR) is 86.6 cm³/mol. The van der Waals surface area contributed by atoms with E-state index in [4.69, 9.17) is 5.14 Å². The van der Waals surface area contributed by atoms with Crippen LogP contribution < -0.4 is 10.5 Å². The molecule has 0 aliphatic rings. The normalized spacial score (nSPS) is 11.5. The van der Waals surface area contributed by atoms with Crippen LogP contribution in [0.1, 0.15) is 41.6 Å². The zero-order valence-corrected chi connectivity index (χ0v) is 13.9. The molecule has 1 heterocycles. The number of anilines is 1. The van der Waals surface area contributed by atoms with Gasteiger partial charge in [0.25, 0.3) is 5.91 Å². The van der Waals surface area contributed by atoms with Gasteiger partial charge in [0.1, 0.15) is 5.82 Å². The van der Waals surface area contributed by atoms with Gasteiger partial charge >= 0.3 is 0 Å². The minimum absolute atomic E-state index is 0.0173. The van der Waals surface area contributed by atoms with E-state index in [-0.39, 0.29) is 16.7 Å². The summed E-state index contributed by atoms with van der Waals surface area (Å²) >= 11 is 0. The Hall–Kier alpha value is -2.32. The quantitative estimate of drug-likeness (QED) is 0.884. The van der Waals surface area contributed by atoms with Crippen molar-refractivity contribution >= 4 is 21.6 Å². The minimum Gasteiger partial charge on any atom is -0.322 e. The highest BCUT2D eigenvalue weighted by atomic mass is 32.2. The third-order valence-corrected chi connectivity index (χ3v) is 4.13. The van der Waals surface area contributed by atoms with E-state index in [9.17, 15) is 13.2 Å². The number of hydrogen-bond acceptors (Lipinski definition) is 5. The summed E-state index contributed by atoms with van der Waals surface area (Å²) in [5.41, 5.74) is 1.40. The molecule has 3 N–H and O–H groups in total. The van der Waals surface area contributed by atoms with Crippen LogP contribution in [0, 0.1) is 6.92 Å². The van der Waals surface area contributed by atoms with Crippen molar-refractivity contribution in [3.8, 4) is 0 Å². The van der Waals surface area contributed by atoms with Gasteiger partial charge in [0.05, 0.1) is 16.2 Å². The van der Waals surface area contributed by atoms with E-state index >= 15 is 0 Å². The van der Waals surface area contributed by atoms with Gasteiger partial charge in [0.15, 0.2) is 0 Å². The summed E-state index contributed by atoms with van der Waals surface area (Å²) < 4.78 is 22.4. The van der Waals surface area contributed by atoms with E-state index in [2.05, 4.69) is 15.3 Å². The molecule has 0 saturated carbocycles. The van der Waals surface area contributed by atoms with Gasteiger partial charge in [-0.3, -0.25) is 4.79 Å². The molecular formula is C15H18N4O3S. The number of nitrogens with two attached hydrogens (primary N) is 1. The molecule has 0 unspecified atom stereocenters. The Morgan fingerprint density at radius 1 is 1.22 bits per heavy atom. The zero-order valence-electron chi connectivity index (χ0n) is 13.1. The van der Waals surface area contributed by atoms with Crippen molar-refractivity contribution in [2.45, 2.75) is 31.6 Å². The van der Waals surface area contributed by atoms with Crippen molar-refractivity contribution in [2.75, 3.05) is 5.32 Å². The SMILES string of the molecule is Cc1nc(C(C)C)ncc1C(=O)Nc1ccc(S(N)(=O)=O)cc1. The van der Waals surface area contributed by atoms with E-state index < -0.39 is 10.0 Å². The number of sulfonamides is 1. The first-order valence-corrected chi connectivity index (χ1v) is 8.51. The maximum absolute atomic E-state index is 12.3. The highest BCUT2D eigenvalue weighted by molar-refractivity contribution is 7.89. The average molecular weight is 334 g/mol. The number of aromatic nitrogens is 2. The highest BCUT2D eigenvalue weighted by Crippen LogP contribution is 2.16. The highest BCUT2D eigenvalue weighted by Gasteiger charge is 2.14. The Morgan fingerprint density at radius 2 is 1.83 bits per heavy atom. The van der Waals surface area contributed by atoms with Crippen molar-refractivity contribution in [3.63, 3.8) is 0 Å². The first kappa shape index (κ1) is 17.0. The number of amides is 1. The van der Waals surface area contributed by atoms with E-state index in [1.807, 2.05) is 13.8 Å². The van der Waals surface area contributed by atoms with Crippen molar-refractivity contribution < 1.29 is 13.2 Å². The second-order valence-corrected chi connectivity index (χ2v) is 6.97. The number of hydrogen-bond donors (Lipinski definition) is 2. The first-order chi connectivity index (χ1) is 10.7. The molecule has 7 nitrogen and oxygen atoms in total. The Kier molecular flexibility index (Phi) is 4.76. The second-order valence-electron chi connectivity index (χ2n) is 5.41. The largest absolute Gasteiger partial charge is 0.322 e. The lowest BCUT2D eigenvalue weighted by Gasteiger charge is -2.10. The molecule has 0 aliphatic heterocycles. The summed E-state index contributed by atoms with van der Waals surface area (Å²) in [5.74, 6) is 0.495.